The fourth-order valence-electron chi connectivity index (χ4n) is 1.75. The van der Waals surface area contributed by atoms with E-state index >= 15 is 0 Å². The molecule has 0 saturated heterocycles. The highest BCUT2D eigenvalue weighted by atomic mass is 14.6. The summed E-state index contributed by atoms with van der Waals surface area (Å²) in [6.07, 6.45) is 6.66. The molecule has 0 amide bonds. The SMILES string of the molecule is NC1CCCCC1.NCc1ccccc1. The van der Waals surface area contributed by atoms with Gasteiger partial charge >= 0.3 is 0 Å². The van der Waals surface area contributed by atoms with Crippen LogP contribution in [0.15, 0.2) is 30.3 Å². The lowest BCUT2D eigenvalue weighted by molar-refractivity contribution is 0.441. The predicted molar refractivity (Wildman–Crippen MR) is 65.4 cm³/mol. The standard InChI is InChI=1S/C7H9N.C6H13N/c8-6-7-4-2-1-3-5-7;7-6-4-2-1-3-5-6/h1-5H,6,8H2;6H,1-5,7H2. The van der Waals surface area contributed by atoms with Crippen LogP contribution in [0.1, 0.15) is 37.7 Å². The molecule has 0 radical (unpaired) electrons. The van der Waals surface area contributed by atoms with Gasteiger partial charge in [0, 0.05) is 12.6 Å². The summed E-state index contributed by atoms with van der Waals surface area (Å²) in [6, 6.07) is 10.5. The van der Waals surface area contributed by atoms with Crippen LogP contribution in [0.5, 0.6) is 0 Å². The van der Waals surface area contributed by atoms with Gasteiger partial charge < -0.3 is 11.5 Å². The van der Waals surface area contributed by atoms with Crippen LogP contribution in [0.2, 0.25) is 0 Å². The van der Waals surface area contributed by atoms with Gasteiger partial charge in [-0.3, -0.25) is 0 Å². The van der Waals surface area contributed by atoms with Crippen molar-refractivity contribution < 1.29 is 0 Å². The molecule has 1 aliphatic carbocycles. The Bertz CT molecular complexity index is 240. The lowest BCUT2D eigenvalue weighted by Gasteiger charge is -2.15. The zero-order valence-corrected chi connectivity index (χ0v) is 9.36. The molecule has 0 bridgehead atoms. The molecule has 4 N–H and O–H groups in total. The van der Waals surface area contributed by atoms with E-state index in [-0.39, 0.29) is 0 Å². The van der Waals surface area contributed by atoms with E-state index < -0.39 is 0 Å². The number of hydrogen-bond donors (Lipinski definition) is 2. The molecule has 1 aromatic rings. The Balaban J connectivity index is 0.000000151. The first-order valence-electron chi connectivity index (χ1n) is 5.82. The molecular formula is C13H22N2. The molecule has 1 aliphatic rings. The minimum Gasteiger partial charge on any atom is -0.328 e. The van der Waals surface area contributed by atoms with E-state index in [2.05, 4.69) is 0 Å². The van der Waals surface area contributed by atoms with Crippen molar-refractivity contribution in [2.45, 2.75) is 44.7 Å². The second-order valence-electron chi connectivity index (χ2n) is 4.09. The van der Waals surface area contributed by atoms with Gasteiger partial charge in [-0.1, -0.05) is 49.6 Å². The molecule has 0 heterocycles. The zero-order chi connectivity index (χ0) is 10.9. The Kier molecular flexibility index (Phi) is 6.05. The molecule has 0 atom stereocenters. The molecule has 1 aromatic carbocycles. The summed E-state index contributed by atoms with van der Waals surface area (Å²) < 4.78 is 0. The van der Waals surface area contributed by atoms with Crippen LogP contribution in [0, 0.1) is 0 Å². The van der Waals surface area contributed by atoms with Gasteiger partial charge in [-0.05, 0) is 18.4 Å². The smallest absolute Gasteiger partial charge is 0.0178 e. The van der Waals surface area contributed by atoms with Crippen molar-refractivity contribution in [1.29, 1.82) is 0 Å². The molecule has 1 saturated carbocycles. The summed E-state index contributed by atoms with van der Waals surface area (Å²) in [5, 5.41) is 0. The Labute approximate surface area is 92.7 Å². The van der Waals surface area contributed by atoms with Gasteiger partial charge in [0.25, 0.3) is 0 Å². The molecule has 2 rings (SSSR count). The van der Waals surface area contributed by atoms with Crippen molar-refractivity contribution in [2.24, 2.45) is 11.5 Å². The molecule has 15 heavy (non-hydrogen) atoms. The van der Waals surface area contributed by atoms with E-state index in [4.69, 9.17) is 11.5 Å². The minimum atomic E-state index is 0.536. The number of rotatable bonds is 1. The van der Waals surface area contributed by atoms with E-state index in [1.54, 1.807) is 0 Å². The van der Waals surface area contributed by atoms with Gasteiger partial charge in [0.15, 0.2) is 0 Å². The van der Waals surface area contributed by atoms with E-state index in [0.717, 1.165) is 0 Å². The maximum Gasteiger partial charge on any atom is 0.0178 e. The van der Waals surface area contributed by atoms with Crippen LogP contribution >= 0.6 is 0 Å². The fourth-order valence-corrected chi connectivity index (χ4v) is 1.75. The van der Waals surface area contributed by atoms with E-state index in [9.17, 15) is 0 Å². The minimum absolute atomic E-state index is 0.536. The van der Waals surface area contributed by atoms with Crippen molar-refractivity contribution in [3.8, 4) is 0 Å². The fraction of sp³-hybridized carbons (Fsp3) is 0.538. The summed E-state index contributed by atoms with van der Waals surface area (Å²) in [5.74, 6) is 0. The topological polar surface area (TPSA) is 52.0 Å². The third-order valence-electron chi connectivity index (χ3n) is 2.73. The largest absolute Gasteiger partial charge is 0.328 e. The first kappa shape index (κ1) is 12.2. The Morgan fingerprint density at radius 3 is 1.93 bits per heavy atom. The van der Waals surface area contributed by atoms with Gasteiger partial charge in [0.05, 0.1) is 0 Å². The lowest BCUT2D eigenvalue weighted by Crippen LogP contribution is -2.22. The lowest BCUT2D eigenvalue weighted by atomic mass is 9.97. The van der Waals surface area contributed by atoms with E-state index in [1.807, 2.05) is 30.3 Å². The maximum absolute atomic E-state index is 5.63. The highest BCUT2D eigenvalue weighted by Crippen LogP contribution is 2.14. The molecular weight excluding hydrogens is 184 g/mol. The predicted octanol–water partition coefficient (Wildman–Crippen LogP) is 2.42. The van der Waals surface area contributed by atoms with Gasteiger partial charge in [0.2, 0.25) is 0 Å². The Hall–Kier alpha value is -0.860. The average Bonchev–Trinajstić information content (AvgIpc) is 2.32. The summed E-state index contributed by atoms with van der Waals surface area (Å²) >= 11 is 0. The maximum atomic E-state index is 5.63. The van der Waals surface area contributed by atoms with Crippen molar-refractivity contribution in [3.05, 3.63) is 35.9 Å². The summed E-state index contributed by atoms with van der Waals surface area (Å²) in [7, 11) is 0. The van der Waals surface area contributed by atoms with Gasteiger partial charge in [-0.25, -0.2) is 0 Å². The van der Waals surface area contributed by atoms with Crippen LogP contribution in [0.25, 0.3) is 0 Å². The van der Waals surface area contributed by atoms with Crippen molar-refractivity contribution in [2.75, 3.05) is 0 Å². The highest BCUT2D eigenvalue weighted by Gasteiger charge is 2.06. The average molecular weight is 206 g/mol. The van der Waals surface area contributed by atoms with Crippen LogP contribution in [-0.2, 0) is 6.54 Å². The molecule has 0 unspecified atom stereocenters. The normalized spacial score (nSPS) is 16.7. The zero-order valence-electron chi connectivity index (χ0n) is 9.36. The second kappa shape index (κ2) is 7.43. The third kappa shape index (κ3) is 5.55. The molecule has 0 spiro atoms. The van der Waals surface area contributed by atoms with Crippen LogP contribution in [-0.4, -0.2) is 6.04 Å². The Morgan fingerprint density at radius 2 is 1.60 bits per heavy atom. The first-order chi connectivity index (χ1) is 7.33. The van der Waals surface area contributed by atoms with Crippen LogP contribution < -0.4 is 11.5 Å². The monoisotopic (exact) mass is 206 g/mol. The van der Waals surface area contributed by atoms with Crippen LogP contribution in [0.3, 0.4) is 0 Å². The molecule has 0 aliphatic heterocycles. The van der Waals surface area contributed by atoms with Crippen LogP contribution in [0.4, 0.5) is 0 Å². The highest BCUT2D eigenvalue weighted by molar-refractivity contribution is 5.13. The van der Waals surface area contributed by atoms with E-state index in [0.29, 0.717) is 12.6 Å². The van der Waals surface area contributed by atoms with Crippen molar-refractivity contribution >= 4 is 0 Å². The summed E-state index contributed by atoms with van der Waals surface area (Å²) in [5.41, 5.74) is 12.2. The van der Waals surface area contributed by atoms with Crippen molar-refractivity contribution in [3.63, 3.8) is 0 Å². The Morgan fingerprint density at radius 1 is 1.00 bits per heavy atom. The number of nitrogens with two attached hydrogens (primary N) is 2. The molecule has 2 heteroatoms. The van der Waals surface area contributed by atoms with Gasteiger partial charge in [0.1, 0.15) is 0 Å². The van der Waals surface area contributed by atoms with E-state index in [1.165, 1.54) is 37.7 Å². The molecule has 1 fully saturated rings. The van der Waals surface area contributed by atoms with Crippen molar-refractivity contribution in [1.82, 2.24) is 0 Å². The first-order valence-corrected chi connectivity index (χ1v) is 5.82. The number of hydrogen-bond acceptors (Lipinski definition) is 2. The quantitative estimate of drug-likeness (QED) is 0.741. The van der Waals surface area contributed by atoms with Gasteiger partial charge in [-0.2, -0.15) is 0 Å². The molecule has 0 aromatic heterocycles. The summed E-state index contributed by atoms with van der Waals surface area (Å²) in [4.78, 5) is 0. The molecule has 2 nitrogen and oxygen atoms in total. The third-order valence-corrected chi connectivity index (χ3v) is 2.73. The molecule has 84 valence electrons. The summed E-state index contributed by atoms with van der Waals surface area (Å²) in [6.45, 7) is 0.640. The second-order valence-corrected chi connectivity index (χ2v) is 4.09. The number of benzene rings is 1. The van der Waals surface area contributed by atoms with Gasteiger partial charge in [-0.15, -0.1) is 0 Å².